The molecule has 0 amide bonds. The molecular weight excluding hydrogens is 174 g/mol. The molecule has 0 saturated heterocycles. The number of benzene rings is 1. The molecule has 2 aromatic rings. The van der Waals surface area contributed by atoms with Crippen molar-refractivity contribution < 1.29 is 0 Å². The molecule has 0 unspecified atom stereocenters. The van der Waals surface area contributed by atoms with Gasteiger partial charge in [0.05, 0.1) is 18.1 Å². The van der Waals surface area contributed by atoms with Crippen LogP contribution in [0.15, 0.2) is 43.0 Å². The molecular formula is C11H11N3. The Balaban J connectivity index is 2.19. The number of aryl methyl sites for hydroxylation is 1. The third-order valence-electron chi connectivity index (χ3n) is 1.87. The van der Waals surface area contributed by atoms with Crippen LogP contribution in [0.5, 0.6) is 0 Å². The number of nitrogens with zero attached hydrogens (tertiary/aromatic N) is 2. The minimum atomic E-state index is 0.901. The molecule has 3 nitrogen and oxygen atoms in total. The van der Waals surface area contributed by atoms with Crippen LogP contribution < -0.4 is 5.32 Å². The Labute approximate surface area is 82.8 Å². The van der Waals surface area contributed by atoms with Gasteiger partial charge in [0.15, 0.2) is 0 Å². The zero-order chi connectivity index (χ0) is 9.80. The van der Waals surface area contributed by atoms with Gasteiger partial charge in [-0.15, -0.1) is 0 Å². The van der Waals surface area contributed by atoms with Crippen molar-refractivity contribution in [1.82, 2.24) is 9.97 Å². The topological polar surface area (TPSA) is 37.8 Å². The number of nitrogens with one attached hydrogen (secondary N) is 1. The number of hydrogen-bond acceptors (Lipinski definition) is 3. The van der Waals surface area contributed by atoms with Gasteiger partial charge in [-0.25, -0.2) is 9.97 Å². The predicted octanol–water partition coefficient (Wildman–Crippen LogP) is 2.53. The van der Waals surface area contributed by atoms with Crippen LogP contribution in [0.3, 0.4) is 0 Å². The molecule has 0 aliphatic heterocycles. The summed E-state index contributed by atoms with van der Waals surface area (Å²) in [6, 6.07) is 8.17. The molecule has 2 rings (SSSR count). The summed E-state index contributed by atoms with van der Waals surface area (Å²) in [5.74, 6) is 0. The maximum absolute atomic E-state index is 3.93. The third-order valence-corrected chi connectivity index (χ3v) is 1.87. The van der Waals surface area contributed by atoms with Crippen LogP contribution >= 0.6 is 0 Å². The van der Waals surface area contributed by atoms with E-state index in [-0.39, 0.29) is 0 Å². The molecule has 1 heterocycles. The number of aromatic nitrogens is 2. The molecule has 1 aromatic heterocycles. The van der Waals surface area contributed by atoms with E-state index in [0.717, 1.165) is 11.4 Å². The van der Waals surface area contributed by atoms with E-state index in [1.807, 2.05) is 12.1 Å². The Morgan fingerprint density at radius 1 is 1.07 bits per heavy atom. The quantitative estimate of drug-likeness (QED) is 0.781. The monoisotopic (exact) mass is 185 g/mol. The molecule has 14 heavy (non-hydrogen) atoms. The average Bonchev–Trinajstić information content (AvgIpc) is 2.19. The average molecular weight is 185 g/mol. The van der Waals surface area contributed by atoms with Crippen molar-refractivity contribution in [3.05, 3.63) is 48.5 Å². The van der Waals surface area contributed by atoms with Crippen molar-refractivity contribution in [1.29, 1.82) is 0 Å². The van der Waals surface area contributed by atoms with E-state index in [0.29, 0.717) is 0 Å². The highest BCUT2D eigenvalue weighted by molar-refractivity contribution is 5.58. The summed E-state index contributed by atoms with van der Waals surface area (Å²) >= 11 is 0. The van der Waals surface area contributed by atoms with Crippen molar-refractivity contribution >= 4 is 11.4 Å². The first kappa shape index (κ1) is 8.69. The minimum absolute atomic E-state index is 0.901. The highest BCUT2D eigenvalue weighted by atomic mass is 14.9. The summed E-state index contributed by atoms with van der Waals surface area (Å²) < 4.78 is 0. The van der Waals surface area contributed by atoms with E-state index in [2.05, 4.69) is 34.3 Å². The van der Waals surface area contributed by atoms with Crippen LogP contribution in [0.25, 0.3) is 0 Å². The summed E-state index contributed by atoms with van der Waals surface area (Å²) in [4.78, 5) is 7.86. The van der Waals surface area contributed by atoms with E-state index in [1.165, 1.54) is 11.9 Å². The fourth-order valence-corrected chi connectivity index (χ4v) is 1.25. The first-order valence-electron chi connectivity index (χ1n) is 4.43. The lowest BCUT2D eigenvalue weighted by Crippen LogP contribution is -1.91. The molecule has 1 N–H and O–H groups in total. The van der Waals surface area contributed by atoms with Gasteiger partial charge in [0.2, 0.25) is 0 Å². The molecule has 0 aliphatic carbocycles. The first-order chi connectivity index (χ1) is 6.84. The molecule has 0 fully saturated rings. The zero-order valence-electron chi connectivity index (χ0n) is 7.94. The highest BCUT2D eigenvalue weighted by Crippen LogP contribution is 2.15. The van der Waals surface area contributed by atoms with Crippen LogP contribution in [0, 0.1) is 6.92 Å². The van der Waals surface area contributed by atoms with Crippen LogP contribution in [0.4, 0.5) is 11.4 Å². The normalized spacial score (nSPS) is 9.79. The van der Waals surface area contributed by atoms with Crippen LogP contribution in [-0.2, 0) is 0 Å². The molecule has 0 bridgehead atoms. The van der Waals surface area contributed by atoms with Gasteiger partial charge in [0.25, 0.3) is 0 Å². The van der Waals surface area contributed by atoms with Crippen molar-refractivity contribution in [2.75, 3.05) is 5.32 Å². The smallest absolute Gasteiger partial charge is 0.115 e. The van der Waals surface area contributed by atoms with E-state index in [4.69, 9.17) is 0 Å². The Hall–Kier alpha value is -1.90. The van der Waals surface area contributed by atoms with Gasteiger partial charge >= 0.3 is 0 Å². The van der Waals surface area contributed by atoms with Crippen molar-refractivity contribution in [2.24, 2.45) is 0 Å². The van der Waals surface area contributed by atoms with Gasteiger partial charge in [-0.2, -0.15) is 0 Å². The van der Waals surface area contributed by atoms with Gasteiger partial charge in [-0.05, 0) is 24.6 Å². The molecule has 0 aliphatic rings. The van der Waals surface area contributed by atoms with Gasteiger partial charge < -0.3 is 5.32 Å². The lowest BCUT2D eigenvalue weighted by atomic mass is 10.2. The highest BCUT2D eigenvalue weighted by Gasteiger charge is 1.93. The van der Waals surface area contributed by atoms with Crippen LogP contribution in [-0.4, -0.2) is 9.97 Å². The Morgan fingerprint density at radius 2 is 1.86 bits per heavy atom. The predicted molar refractivity (Wildman–Crippen MR) is 56.5 cm³/mol. The van der Waals surface area contributed by atoms with E-state index >= 15 is 0 Å². The molecule has 0 saturated carbocycles. The summed E-state index contributed by atoms with van der Waals surface area (Å²) in [7, 11) is 0. The number of anilines is 2. The molecule has 70 valence electrons. The second kappa shape index (κ2) is 3.87. The lowest BCUT2D eigenvalue weighted by Gasteiger charge is -2.05. The fourth-order valence-electron chi connectivity index (χ4n) is 1.25. The van der Waals surface area contributed by atoms with E-state index in [9.17, 15) is 0 Å². The van der Waals surface area contributed by atoms with E-state index in [1.54, 1.807) is 12.4 Å². The maximum atomic E-state index is 3.93. The van der Waals surface area contributed by atoms with Crippen molar-refractivity contribution in [3.8, 4) is 0 Å². The summed E-state index contributed by atoms with van der Waals surface area (Å²) in [5, 5.41) is 3.22. The van der Waals surface area contributed by atoms with Crippen molar-refractivity contribution in [2.45, 2.75) is 6.92 Å². The second-order valence-corrected chi connectivity index (χ2v) is 3.12. The van der Waals surface area contributed by atoms with Gasteiger partial charge in [-0.1, -0.05) is 12.1 Å². The van der Waals surface area contributed by atoms with Gasteiger partial charge in [0.1, 0.15) is 6.33 Å². The van der Waals surface area contributed by atoms with Crippen molar-refractivity contribution in [3.63, 3.8) is 0 Å². The minimum Gasteiger partial charge on any atom is -0.353 e. The Bertz CT molecular complexity index is 412. The largest absolute Gasteiger partial charge is 0.353 e. The Kier molecular flexibility index (Phi) is 2.40. The SMILES string of the molecule is Cc1cccc(Nc2cncnc2)c1. The lowest BCUT2D eigenvalue weighted by molar-refractivity contribution is 1.17. The number of hydrogen-bond donors (Lipinski definition) is 1. The van der Waals surface area contributed by atoms with Gasteiger partial charge in [-0.3, -0.25) is 0 Å². The fraction of sp³-hybridized carbons (Fsp3) is 0.0909. The molecule has 1 aromatic carbocycles. The summed E-state index contributed by atoms with van der Waals surface area (Å²) in [5.41, 5.74) is 3.18. The van der Waals surface area contributed by atoms with Gasteiger partial charge in [0, 0.05) is 5.69 Å². The second-order valence-electron chi connectivity index (χ2n) is 3.12. The maximum Gasteiger partial charge on any atom is 0.115 e. The molecule has 0 spiro atoms. The van der Waals surface area contributed by atoms with Crippen LogP contribution in [0.1, 0.15) is 5.56 Å². The van der Waals surface area contributed by atoms with E-state index < -0.39 is 0 Å². The standard InChI is InChI=1S/C11H11N3/c1-9-3-2-4-10(5-9)14-11-6-12-8-13-7-11/h2-8,14H,1H3. The Morgan fingerprint density at radius 3 is 2.57 bits per heavy atom. The molecule has 0 atom stereocenters. The zero-order valence-corrected chi connectivity index (χ0v) is 7.94. The summed E-state index contributed by atoms with van der Waals surface area (Å²) in [6.45, 7) is 2.06. The first-order valence-corrected chi connectivity index (χ1v) is 4.43. The summed E-state index contributed by atoms with van der Waals surface area (Å²) in [6.07, 6.45) is 5.01. The number of rotatable bonds is 2. The van der Waals surface area contributed by atoms with Crippen LogP contribution in [0.2, 0.25) is 0 Å². The molecule has 0 radical (unpaired) electrons. The third kappa shape index (κ3) is 2.07. The molecule has 3 heteroatoms.